The number of piperazine rings is 1. The molecule has 1 saturated heterocycles. The molecule has 1 N–H and O–H groups in total. The van der Waals surface area contributed by atoms with Crippen LogP contribution in [-0.4, -0.2) is 61.4 Å². The second-order valence-corrected chi connectivity index (χ2v) is 3.83. The molecule has 0 aromatic heterocycles. The molecule has 0 radical (unpaired) electrons. The highest BCUT2D eigenvalue weighted by atomic mass is 16.2. The third kappa shape index (κ3) is 3.66. The third-order valence-corrected chi connectivity index (χ3v) is 2.53. The van der Waals surface area contributed by atoms with E-state index in [1.165, 1.54) is 11.0 Å². The Morgan fingerprint density at radius 1 is 1.38 bits per heavy atom. The van der Waals surface area contributed by atoms with Crippen molar-refractivity contribution in [1.82, 2.24) is 15.1 Å². The van der Waals surface area contributed by atoms with Crippen molar-refractivity contribution in [2.75, 3.05) is 39.8 Å². The Hall–Kier alpha value is -1.36. The molecule has 1 rings (SSSR count). The summed E-state index contributed by atoms with van der Waals surface area (Å²) in [6, 6.07) is 0. The highest BCUT2D eigenvalue weighted by Gasteiger charge is 2.18. The second-order valence-electron chi connectivity index (χ2n) is 3.83. The Kier molecular flexibility index (Phi) is 4.98. The Balaban J connectivity index is 2.40. The van der Waals surface area contributed by atoms with Gasteiger partial charge in [0.15, 0.2) is 0 Å². The number of nitrogens with one attached hydrogen (secondary N) is 1. The molecule has 0 aromatic rings. The van der Waals surface area contributed by atoms with Crippen LogP contribution in [0.15, 0.2) is 12.2 Å². The van der Waals surface area contributed by atoms with Gasteiger partial charge in [-0.05, 0) is 13.0 Å². The summed E-state index contributed by atoms with van der Waals surface area (Å²) in [4.78, 5) is 26.4. The Morgan fingerprint density at radius 2 is 2.00 bits per heavy atom. The highest BCUT2D eigenvalue weighted by Crippen LogP contribution is 1.96. The first kappa shape index (κ1) is 12.7. The number of carbonyl (C=O) groups is 2. The Morgan fingerprint density at radius 3 is 2.56 bits per heavy atom. The minimum absolute atomic E-state index is 0.0156. The van der Waals surface area contributed by atoms with Crippen molar-refractivity contribution >= 4 is 11.8 Å². The average Bonchev–Trinajstić information content (AvgIpc) is 2.30. The van der Waals surface area contributed by atoms with Crippen LogP contribution in [0.5, 0.6) is 0 Å². The first-order valence-electron chi connectivity index (χ1n) is 5.51. The zero-order valence-corrected chi connectivity index (χ0v) is 9.90. The van der Waals surface area contributed by atoms with Crippen LogP contribution in [0.25, 0.3) is 0 Å². The van der Waals surface area contributed by atoms with Gasteiger partial charge in [0.1, 0.15) is 0 Å². The number of hydrogen-bond donors (Lipinski definition) is 1. The summed E-state index contributed by atoms with van der Waals surface area (Å²) in [5.41, 5.74) is 0. The maximum absolute atomic E-state index is 11.8. The molecule has 1 aliphatic heterocycles. The van der Waals surface area contributed by atoms with E-state index in [-0.39, 0.29) is 18.4 Å². The van der Waals surface area contributed by atoms with Crippen molar-refractivity contribution in [1.29, 1.82) is 0 Å². The van der Waals surface area contributed by atoms with Gasteiger partial charge in [-0.1, -0.05) is 6.08 Å². The molecule has 0 spiro atoms. The number of carbonyl (C=O) groups excluding carboxylic acids is 2. The van der Waals surface area contributed by atoms with E-state index in [1.807, 2.05) is 0 Å². The van der Waals surface area contributed by atoms with Gasteiger partial charge in [0.2, 0.25) is 11.8 Å². The van der Waals surface area contributed by atoms with Crippen molar-refractivity contribution in [2.24, 2.45) is 0 Å². The number of likely N-dealkylation sites (N-methyl/N-ethyl adjacent to an activating group) is 1. The van der Waals surface area contributed by atoms with E-state index in [0.717, 1.165) is 26.2 Å². The van der Waals surface area contributed by atoms with Crippen LogP contribution < -0.4 is 5.32 Å². The van der Waals surface area contributed by atoms with Crippen molar-refractivity contribution in [3.8, 4) is 0 Å². The van der Waals surface area contributed by atoms with Gasteiger partial charge in [-0.25, -0.2) is 0 Å². The molecule has 1 fully saturated rings. The maximum atomic E-state index is 11.8. The quantitative estimate of drug-likeness (QED) is 0.656. The minimum atomic E-state index is -0.133. The molecular formula is C11H19N3O2. The van der Waals surface area contributed by atoms with Crippen molar-refractivity contribution in [2.45, 2.75) is 6.92 Å². The summed E-state index contributed by atoms with van der Waals surface area (Å²) < 4.78 is 0. The van der Waals surface area contributed by atoms with E-state index < -0.39 is 0 Å². The van der Waals surface area contributed by atoms with Crippen molar-refractivity contribution < 1.29 is 9.59 Å². The van der Waals surface area contributed by atoms with Crippen LogP contribution in [0, 0.1) is 0 Å². The zero-order valence-electron chi connectivity index (χ0n) is 9.90. The van der Waals surface area contributed by atoms with Crippen molar-refractivity contribution in [3.63, 3.8) is 0 Å². The Bertz CT molecular complexity index is 283. The van der Waals surface area contributed by atoms with Crippen LogP contribution in [0.1, 0.15) is 6.92 Å². The van der Waals surface area contributed by atoms with E-state index >= 15 is 0 Å². The van der Waals surface area contributed by atoms with Crippen LogP contribution in [0.4, 0.5) is 0 Å². The molecule has 5 nitrogen and oxygen atoms in total. The summed E-state index contributed by atoms with van der Waals surface area (Å²) in [5, 5.41) is 3.18. The molecule has 0 bridgehead atoms. The molecule has 0 unspecified atom stereocenters. The van der Waals surface area contributed by atoms with Gasteiger partial charge in [-0.2, -0.15) is 0 Å². The first-order chi connectivity index (χ1) is 7.65. The Labute approximate surface area is 96.1 Å². The molecule has 5 heteroatoms. The van der Waals surface area contributed by atoms with Gasteiger partial charge in [-0.15, -0.1) is 0 Å². The predicted octanol–water partition coefficient (Wildman–Crippen LogP) is -0.547. The molecule has 0 saturated carbocycles. The number of hydrogen-bond acceptors (Lipinski definition) is 3. The lowest BCUT2D eigenvalue weighted by molar-refractivity contribution is -0.137. The lowest BCUT2D eigenvalue weighted by atomic mass is 10.3. The van der Waals surface area contributed by atoms with E-state index in [2.05, 4.69) is 5.32 Å². The molecule has 0 aromatic carbocycles. The number of nitrogens with zero attached hydrogens (tertiary/aromatic N) is 2. The summed E-state index contributed by atoms with van der Waals surface area (Å²) >= 11 is 0. The van der Waals surface area contributed by atoms with Gasteiger partial charge in [0.05, 0.1) is 6.54 Å². The lowest BCUT2D eigenvalue weighted by Gasteiger charge is -2.29. The zero-order chi connectivity index (χ0) is 12.0. The van der Waals surface area contributed by atoms with Gasteiger partial charge >= 0.3 is 0 Å². The second kappa shape index (κ2) is 6.27. The van der Waals surface area contributed by atoms with Gasteiger partial charge in [-0.3, -0.25) is 9.59 Å². The SMILES string of the molecule is CC=CC(=O)N(C)CC(=O)N1CCNCC1. The molecular weight excluding hydrogens is 206 g/mol. The fourth-order valence-corrected chi connectivity index (χ4v) is 1.56. The van der Waals surface area contributed by atoms with Crippen LogP contribution >= 0.6 is 0 Å². The molecule has 16 heavy (non-hydrogen) atoms. The van der Waals surface area contributed by atoms with E-state index in [0.29, 0.717) is 0 Å². The normalized spacial score (nSPS) is 16.5. The van der Waals surface area contributed by atoms with E-state index in [1.54, 1.807) is 24.9 Å². The average molecular weight is 225 g/mol. The minimum Gasteiger partial charge on any atom is -0.339 e. The molecule has 1 aliphatic rings. The fraction of sp³-hybridized carbons (Fsp3) is 0.636. The highest BCUT2D eigenvalue weighted by molar-refractivity contribution is 5.91. The largest absolute Gasteiger partial charge is 0.339 e. The fourth-order valence-electron chi connectivity index (χ4n) is 1.56. The molecule has 90 valence electrons. The molecule has 1 heterocycles. The van der Waals surface area contributed by atoms with E-state index in [9.17, 15) is 9.59 Å². The topological polar surface area (TPSA) is 52.7 Å². The summed E-state index contributed by atoms with van der Waals surface area (Å²) in [6.07, 6.45) is 3.14. The first-order valence-corrected chi connectivity index (χ1v) is 5.51. The number of rotatable bonds is 3. The summed E-state index contributed by atoms with van der Waals surface area (Å²) in [5.74, 6) is -0.118. The molecule has 0 atom stereocenters. The summed E-state index contributed by atoms with van der Waals surface area (Å²) in [6.45, 7) is 5.05. The van der Waals surface area contributed by atoms with Crippen molar-refractivity contribution in [3.05, 3.63) is 12.2 Å². The monoisotopic (exact) mass is 225 g/mol. The molecule has 0 aliphatic carbocycles. The predicted molar refractivity (Wildman–Crippen MR) is 61.9 cm³/mol. The number of allylic oxidation sites excluding steroid dienone is 1. The van der Waals surface area contributed by atoms with Crippen LogP contribution in [0.3, 0.4) is 0 Å². The van der Waals surface area contributed by atoms with Crippen LogP contribution in [0.2, 0.25) is 0 Å². The summed E-state index contributed by atoms with van der Waals surface area (Å²) in [7, 11) is 1.64. The standard InChI is InChI=1S/C11H19N3O2/c1-3-4-10(15)13(2)9-11(16)14-7-5-12-6-8-14/h3-4,12H,5-9H2,1-2H3. The van der Waals surface area contributed by atoms with Gasteiger partial charge in [0.25, 0.3) is 0 Å². The maximum Gasteiger partial charge on any atom is 0.246 e. The smallest absolute Gasteiger partial charge is 0.246 e. The van der Waals surface area contributed by atoms with E-state index in [4.69, 9.17) is 0 Å². The van der Waals surface area contributed by atoms with Gasteiger partial charge < -0.3 is 15.1 Å². The number of amides is 2. The van der Waals surface area contributed by atoms with Gasteiger partial charge in [0, 0.05) is 33.2 Å². The lowest BCUT2D eigenvalue weighted by Crippen LogP contribution is -2.49. The third-order valence-electron chi connectivity index (χ3n) is 2.53. The van der Waals surface area contributed by atoms with Crippen LogP contribution in [-0.2, 0) is 9.59 Å². The molecule has 2 amide bonds.